The fourth-order valence-electron chi connectivity index (χ4n) is 2.49. The number of pyridine rings is 1. The largest absolute Gasteiger partial charge is 0.370 e. The maximum atomic E-state index is 11.9. The number of likely N-dealkylation sites (tertiary alicyclic amines) is 1. The first kappa shape index (κ1) is 19.7. The number of amides is 1. The number of carbonyl (C=O) groups is 1. The third-order valence-corrected chi connectivity index (χ3v) is 3.70. The van der Waals surface area contributed by atoms with E-state index >= 15 is 0 Å². The summed E-state index contributed by atoms with van der Waals surface area (Å²) < 4.78 is 0. The van der Waals surface area contributed by atoms with Gasteiger partial charge in [-0.3, -0.25) is 9.79 Å². The molecule has 0 aliphatic carbocycles. The van der Waals surface area contributed by atoms with Crippen LogP contribution in [0.1, 0.15) is 37.8 Å². The van der Waals surface area contributed by atoms with Crippen LogP contribution in [0.3, 0.4) is 0 Å². The Balaban J connectivity index is 0.00000264. The number of nitrogens with one attached hydrogen (secondary N) is 1. The van der Waals surface area contributed by atoms with Gasteiger partial charge in [0.1, 0.15) is 5.82 Å². The molecule has 128 valence electrons. The summed E-state index contributed by atoms with van der Waals surface area (Å²) in [6.07, 6.45) is 5.15. The molecular formula is C16H26IN5O. The Bertz CT molecular complexity index is 527. The minimum absolute atomic E-state index is 0. The van der Waals surface area contributed by atoms with Crippen LogP contribution in [0.4, 0.5) is 5.82 Å². The molecule has 0 unspecified atom stereocenters. The third kappa shape index (κ3) is 7.15. The highest BCUT2D eigenvalue weighted by Crippen LogP contribution is 2.09. The van der Waals surface area contributed by atoms with Crippen LogP contribution in [0.25, 0.3) is 0 Å². The molecule has 3 N–H and O–H groups in total. The molecule has 1 fully saturated rings. The van der Waals surface area contributed by atoms with E-state index in [2.05, 4.69) is 20.2 Å². The second kappa shape index (κ2) is 10.4. The van der Waals surface area contributed by atoms with E-state index in [9.17, 15) is 4.79 Å². The number of aryl methyl sites for hydroxylation is 1. The topological polar surface area (TPSA) is 83.6 Å². The van der Waals surface area contributed by atoms with Gasteiger partial charge in [-0.25, -0.2) is 4.98 Å². The molecule has 2 heterocycles. The monoisotopic (exact) mass is 431 g/mol. The maximum Gasteiger partial charge on any atom is 0.227 e. The highest BCUT2D eigenvalue weighted by Gasteiger charge is 2.11. The van der Waals surface area contributed by atoms with Gasteiger partial charge in [-0.15, -0.1) is 24.0 Å². The van der Waals surface area contributed by atoms with Crippen LogP contribution in [0, 0.1) is 6.92 Å². The van der Waals surface area contributed by atoms with Gasteiger partial charge in [-0.05, 0) is 31.9 Å². The van der Waals surface area contributed by atoms with Gasteiger partial charge >= 0.3 is 0 Å². The summed E-state index contributed by atoms with van der Waals surface area (Å²) in [6, 6.07) is 5.54. The Kier molecular flexibility index (Phi) is 8.90. The van der Waals surface area contributed by atoms with Crippen molar-refractivity contribution in [2.75, 3.05) is 25.0 Å². The SMILES string of the molecule is Cc1cccc(NC(=O)CCN=C(N)N2CCCCCC2)n1.I. The van der Waals surface area contributed by atoms with Crippen LogP contribution >= 0.6 is 24.0 Å². The van der Waals surface area contributed by atoms with Gasteiger partial charge in [0, 0.05) is 25.2 Å². The fourth-order valence-corrected chi connectivity index (χ4v) is 2.49. The molecule has 1 amide bonds. The minimum atomic E-state index is -0.0921. The highest BCUT2D eigenvalue weighted by atomic mass is 127. The molecule has 1 aromatic rings. The van der Waals surface area contributed by atoms with E-state index in [1.165, 1.54) is 12.8 Å². The van der Waals surface area contributed by atoms with Gasteiger partial charge in [0.05, 0.1) is 6.54 Å². The number of anilines is 1. The van der Waals surface area contributed by atoms with Crippen molar-refractivity contribution in [2.24, 2.45) is 10.7 Å². The molecular weight excluding hydrogens is 405 g/mol. The van der Waals surface area contributed by atoms with Gasteiger partial charge in [-0.2, -0.15) is 0 Å². The number of hydrogen-bond donors (Lipinski definition) is 2. The highest BCUT2D eigenvalue weighted by molar-refractivity contribution is 14.0. The van der Waals surface area contributed by atoms with Crippen molar-refractivity contribution in [3.8, 4) is 0 Å². The second-order valence-electron chi connectivity index (χ2n) is 5.60. The fraction of sp³-hybridized carbons (Fsp3) is 0.562. The number of aliphatic imine (C=N–C) groups is 1. The van der Waals surface area contributed by atoms with Gasteiger partial charge in [0.15, 0.2) is 5.96 Å². The summed E-state index contributed by atoms with van der Waals surface area (Å²) >= 11 is 0. The number of nitrogens with two attached hydrogens (primary N) is 1. The molecule has 0 saturated carbocycles. The average Bonchev–Trinajstić information content (AvgIpc) is 2.76. The van der Waals surface area contributed by atoms with E-state index in [0.29, 0.717) is 24.7 Å². The zero-order valence-electron chi connectivity index (χ0n) is 13.6. The van der Waals surface area contributed by atoms with Crippen molar-refractivity contribution >= 4 is 41.7 Å². The van der Waals surface area contributed by atoms with Crippen LogP contribution in [-0.2, 0) is 4.79 Å². The molecule has 6 nitrogen and oxygen atoms in total. The number of aromatic nitrogens is 1. The van der Waals surface area contributed by atoms with Gasteiger partial charge in [0.2, 0.25) is 5.91 Å². The molecule has 0 aromatic carbocycles. The number of carbonyl (C=O) groups excluding carboxylic acids is 1. The quantitative estimate of drug-likeness (QED) is 0.436. The molecule has 0 bridgehead atoms. The molecule has 1 saturated heterocycles. The van der Waals surface area contributed by atoms with E-state index < -0.39 is 0 Å². The van der Waals surface area contributed by atoms with Gasteiger partial charge in [0.25, 0.3) is 0 Å². The van der Waals surface area contributed by atoms with E-state index in [-0.39, 0.29) is 29.9 Å². The Morgan fingerprint density at radius 1 is 1.30 bits per heavy atom. The number of guanidine groups is 1. The normalized spacial score (nSPS) is 15.5. The molecule has 1 aliphatic rings. The number of rotatable bonds is 4. The van der Waals surface area contributed by atoms with Crippen LogP contribution in [0.15, 0.2) is 23.2 Å². The van der Waals surface area contributed by atoms with Gasteiger partial charge in [-0.1, -0.05) is 18.9 Å². The predicted molar refractivity (Wildman–Crippen MR) is 104 cm³/mol. The van der Waals surface area contributed by atoms with Crippen molar-refractivity contribution in [3.63, 3.8) is 0 Å². The first-order valence-corrected chi connectivity index (χ1v) is 7.93. The minimum Gasteiger partial charge on any atom is -0.370 e. The van der Waals surface area contributed by atoms with Crippen molar-refractivity contribution in [2.45, 2.75) is 39.0 Å². The molecule has 0 spiro atoms. The summed E-state index contributed by atoms with van der Waals surface area (Å²) in [7, 11) is 0. The van der Waals surface area contributed by atoms with Crippen molar-refractivity contribution in [1.82, 2.24) is 9.88 Å². The first-order chi connectivity index (χ1) is 10.6. The van der Waals surface area contributed by atoms with Crippen LogP contribution in [0.5, 0.6) is 0 Å². The van der Waals surface area contributed by atoms with Crippen LogP contribution in [-0.4, -0.2) is 41.4 Å². The lowest BCUT2D eigenvalue weighted by Crippen LogP contribution is -2.38. The molecule has 0 atom stereocenters. The van der Waals surface area contributed by atoms with E-state index in [0.717, 1.165) is 31.6 Å². The first-order valence-electron chi connectivity index (χ1n) is 7.93. The molecule has 2 rings (SSSR count). The Morgan fingerprint density at radius 2 is 2.00 bits per heavy atom. The average molecular weight is 431 g/mol. The molecule has 0 radical (unpaired) electrons. The lowest BCUT2D eigenvalue weighted by molar-refractivity contribution is -0.116. The van der Waals surface area contributed by atoms with Crippen molar-refractivity contribution < 1.29 is 4.79 Å². The lowest BCUT2D eigenvalue weighted by atomic mass is 10.2. The van der Waals surface area contributed by atoms with Crippen LogP contribution in [0.2, 0.25) is 0 Å². The molecule has 7 heteroatoms. The van der Waals surface area contributed by atoms with E-state index in [1.807, 2.05) is 19.1 Å². The molecule has 23 heavy (non-hydrogen) atoms. The van der Waals surface area contributed by atoms with Gasteiger partial charge < -0.3 is 16.0 Å². The Labute approximate surface area is 155 Å². The van der Waals surface area contributed by atoms with Crippen molar-refractivity contribution in [3.05, 3.63) is 23.9 Å². The third-order valence-electron chi connectivity index (χ3n) is 3.70. The summed E-state index contributed by atoms with van der Waals surface area (Å²) in [5.74, 6) is 1.04. The van der Waals surface area contributed by atoms with Crippen molar-refractivity contribution in [1.29, 1.82) is 0 Å². The second-order valence-corrected chi connectivity index (χ2v) is 5.60. The lowest BCUT2D eigenvalue weighted by Gasteiger charge is -2.20. The predicted octanol–water partition coefficient (Wildman–Crippen LogP) is 2.53. The maximum absolute atomic E-state index is 11.9. The Hall–Kier alpha value is -1.38. The van der Waals surface area contributed by atoms with Crippen LogP contribution < -0.4 is 11.1 Å². The molecule has 1 aromatic heterocycles. The number of halogens is 1. The summed E-state index contributed by atoms with van der Waals surface area (Å²) in [5, 5.41) is 2.77. The zero-order chi connectivity index (χ0) is 15.8. The zero-order valence-corrected chi connectivity index (χ0v) is 16.0. The van der Waals surface area contributed by atoms with E-state index in [4.69, 9.17) is 5.73 Å². The number of hydrogen-bond acceptors (Lipinski definition) is 3. The smallest absolute Gasteiger partial charge is 0.227 e. The Morgan fingerprint density at radius 3 is 2.65 bits per heavy atom. The van der Waals surface area contributed by atoms with E-state index in [1.54, 1.807) is 6.07 Å². The summed E-state index contributed by atoms with van der Waals surface area (Å²) in [6.45, 7) is 4.23. The number of nitrogens with zero attached hydrogens (tertiary/aromatic N) is 3. The summed E-state index contributed by atoms with van der Waals surface area (Å²) in [5.41, 5.74) is 6.88. The summed E-state index contributed by atoms with van der Waals surface area (Å²) in [4.78, 5) is 22.5. The standard InChI is InChI=1S/C16H25N5O.HI/c1-13-7-6-8-14(19-13)20-15(22)9-10-18-16(17)21-11-4-2-3-5-12-21;/h6-8H,2-5,9-12H2,1H3,(H2,17,18)(H,19,20,22);1H. The molecule has 1 aliphatic heterocycles.